The Bertz CT molecular complexity index is 679. The number of methoxy groups -OCH3 is 1. The van der Waals surface area contributed by atoms with Crippen LogP contribution < -0.4 is 4.74 Å². The Morgan fingerprint density at radius 3 is 2.22 bits per heavy atom. The second-order valence-corrected chi connectivity index (χ2v) is 5.16. The second-order valence-electron chi connectivity index (χ2n) is 4.78. The molecule has 0 aromatic heterocycles. The van der Waals surface area contributed by atoms with Gasteiger partial charge in [0.25, 0.3) is 0 Å². The molecule has 0 aliphatic heterocycles. The molecule has 0 aliphatic carbocycles. The standard InChI is InChI=1S/C17H15ClO5/c1-22-14-8-2-11(3-9-14)10-23-17(21)15(16(18)20)12-4-6-13(19)7-5-12/h2-9,15,19H,10H2,1H3. The molecule has 23 heavy (non-hydrogen) atoms. The lowest BCUT2D eigenvalue weighted by Gasteiger charge is -2.13. The van der Waals surface area contributed by atoms with E-state index in [1.165, 1.54) is 24.3 Å². The summed E-state index contributed by atoms with van der Waals surface area (Å²) in [6.45, 7) is 0.0155. The van der Waals surface area contributed by atoms with Gasteiger partial charge >= 0.3 is 5.97 Å². The van der Waals surface area contributed by atoms with Gasteiger partial charge in [-0.25, -0.2) is 0 Å². The number of ether oxygens (including phenoxy) is 2. The Morgan fingerprint density at radius 1 is 1.09 bits per heavy atom. The van der Waals surface area contributed by atoms with Crippen molar-refractivity contribution in [1.82, 2.24) is 0 Å². The van der Waals surface area contributed by atoms with Crippen LogP contribution in [0.3, 0.4) is 0 Å². The van der Waals surface area contributed by atoms with Crippen LogP contribution in [0.5, 0.6) is 11.5 Å². The molecule has 1 N–H and O–H groups in total. The van der Waals surface area contributed by atoms with Crippen molar-refractivity contribution in [2.75, 3.05) is 7.11 Å². The van der Waals surface area contributed by atoms with E-state index in [1.807, 2.05) is 0 Å². The van der Waals surface area contributed by atoms with Gasteiger partial charge in [0.05, 0.1) is 7.11 Å². The van der Waals surface area contributed by atoms with E-state index in [9.17, 15) is 14.7 Å². The topological polar surface area (TPSA) is 72.8 Å². The largest absolute Gasteiger partial charge is 0.508 e. The van der Waals surface area contributed by atoms with Gasteiger partial charge in [-0.1, -0.05) is 24.3 Å². The van der Waals surface area contributed by atoms with E-state index in [2.05, 4.69) is 0 Å². The number of aromatic hydroxyl groups is 1. The normalized spacial score (nSPS) is 11.6. The third-order valence-corrected chi connectivity index (χ3v) is 3.45. The van der Waals surface area contributed by atoms with Gasteiger partial charge in [0.15, 0.2) is 5.92 Å². The van der Waals surface area contributed by atoms with Gasteiger partial charge in [-0.2, -0.15) is 0 Å². The van der Waals surface area contributed by atoms with Crippen molar-refractivity contribution in [2.24, 2.45) is 0 Å². The van der Waals surface area contributed by atoms with Gasteiger partial charge in [-0.3, -0.25) is 9.59 Å². The molecule has 2 aromatic carbocycles. The molecule has 0 radical (unpaired) electrons. The van der Waals surface area contributed by atoms with Gasteiger partial charge in [-0.15, -0.1) is 0 Å². The molecule has 0 fully saturated rings. The van der Waals surface area contributed by atoms with Crippen molar-refractivity contribution in [3.8, 4) is 11.5 Å². The summed E-state index contributed by atoms with van der Waals surface area (Å²) in [5, 5.41) is 8.43. The molecule has 6 heteroatoms. The minimum absolute atomic E-state index is 0.0155. The molecule has 0 spiro atoms. The maximum Gasteiger partial charge on any atom is 0.322 e. The van der Waals surface area contributed by atoms with Gasteiger partial charge < -0.3 is 14.6 Å². The Kier molecular flexibility index (Phi) is 5.60. The van der Waals surface area contributed by atoms with Crippen LogP contribution in [0.1, 0.15) is 17.0 Å². The van der Waals surface area contributed by atoms with Crippen LogP contribution in [0.25, 0.3) is 0 Å². The molecule has 0 bridgehead atoms. The fourth-order valence-corrected chi connectivity index (χ4v) is 2.20. The van der Waals surface area contributed by atoms with Crippen LogP contribution in [0.15, 0.2) is 48.5 Å². The number of phenolic OH excluding ortho intramolecular Hbond substituents is 1. The molecule has 1 unspecified atom stereocenters. The molecule has 0 saturated carbocycles. The first-order valence-corrected chi connectivity index (χ1v) is 7.17. The zero-order chi connectivity index (χ0) is 16.8. The first kappa shape index (κ1) is 16.8. The molecule has 1 atom stereocenters. The summed E-state index contributed by atoms with van der Waals surface area (Å²) >= 11 is 5.52. The summed E-state index contributed by atoms with van der Waals surface area (Å²) in [5.41, 5.74) is 1.12. The average molecular weight is 335 g/mol. The van der Waals surface area contributed by atoms with Crippen molar-refractivity contribution < 1.29 is 24.2 Å². The van der Waals surface area contributed by atoms with Gasteiger partial charge in [0, 0.05) is 0 Å². The van der Waals surface area contributed by atoms with Crippen molar-refractivity contribution in [1.29, 1.82) is 0 Å². The monoisotopic (exact) mass is 334 g/mol. The predicted octanol–water partition coefficient (Wildman–Crippen LogP) is 2.99. The number of benzene rings is 2. The number of esters is 1. The number of rotatable bonds is 6. The SMILES string of the molecule is COc1ccc(COC(=O)C(C(=O)Cl)c2ccc(O)cc2)cc1. The molecule has 120 valence electrons. The minimum Gasteiger partial charge on any atom is -0.508 e. The third kappa shape index (κ3) is 4.47. The lowest BCUT2D eigenvalue weighted by molar-refractivity contribution is -0.148. The zero-order valence-electron chi connectivity index (χ0n) is 12.4. The summed E-state index contributed by atoms with van der Waals surface area (Å²) in [6.07, 6.45) is 0. The van der Waals surface area contributed by atoms with E-state index >= 15 is 0 Å². The van der Waals surface area contributed by atoms with E-state index in [-0.39, 0.29) is 12.4 Å². The number of carbonyl (C=O) groups is 2. The summed E-state index contributed by atoms with van der Waals surface area (Å²) in [4.78, 5) is 23.7. The Morgan fingerprint density at radius 2 is 1.70 bits per heavy atom. The highest BCUT2D eigenvalue weighted by Crippen LogP contribution is 2.23. The highest BCUT2D eigenvalue weighted by atomic mass is 35.5. The van der Waals surface area contributed by atoms with Crippen molar-refractivity contribution in [3.05, 3.63) is 59.7 Å². The highest BCUT2D eigenvalue weighted by molar-refractivity contribution is 6.66. The van der Waals surface area contributed by atoms with E-state index in [4.69, 9.17) is 21.1 Å². The number of hydrogen-bond donors (Lipinski definition) is 1. The minimum atomic E-state index is -1.23. The molecule has 0 amide bonds. The molecule has 0 heterocycles. The molecule has 2 aromatic rings. The third-order valence-electron chi connectivity index (χ3n) is 3.23. The Balaban J connectivity index is 2.06. The zero-order valence-corrected chi connectivity index (χ0v) is 13.1. The summed E-state index contributed by atoms with van der Waals surface area (Å²) in [5.74, 6) is -1.25. The predicted molar refractivity (Wildman–Crippen MR) is 84.5 cm³/mol. The smallest absolute Gasteiger partial charge is 0.322 e. The second kappa shape index (κ2) is 7.65. The van der Waals surface area contributed by atoms with E-state index < -0.39 is 17.1 Å². The number of phenols is 1. The van der Waals surface area contributed by atoms with E-state index in [0.717, 1.165) is 5.56 Å². The summed E-state index contributed by atoms with van der Waals surface area (Å²) in [7, 11) is 1.56. The number of carbonyl (C=O) groups excluding carboxylic acids is 2. The van der Waals surface area contributed by atoms with Crippen LogP contribution in [-0.4, -0.2) is 23.4 Å². The van der Waals surface area contributed by atoms with Crippen LogP contribution in [0.4, 0.5) is 0 Å². The summed E-state index contributed by atoms with van der Waals surface area (Å²) < 4.78 is 10.2. The van der Waals surface area contributed by atoms with Crippen LogP contribution >= 0.6 is 11.6 Å². The number of hydrogen-bond acceptors (Lipinski definition) is 5. The number of halogens is 1. The van der Waals surface area contributed by atoms with Crippen LogP contribution in [-0.2, 0) is 20.9 Å². The van der Waals surface area contributed by atoms with Crippen molar-refractivity contribution >= 4 is 22.8 Å². The molecular weight excluding hydrogens is 320 g/mol. The molecule has 0 aliphatic rings. The first-order valence-electron chi connectivity index (χ1n) is 6.79. The Labute approximate surface area is 138 Å². The fraction of sp³-hybridized carbons (Fsp3) is 0.176. The lowest BCUT2D eigenvalue weighted by atomic mass is 10.0. The Hall–Kier alpha value is -2.53. The van der Waals surface area contributed by atoms with Crippen molar-refractivity contribution in [3.63, 3.8) is 0 Å². The van der Waals surface area contributed by atoms with Gasteiger partial charge in [0.1, 0.15) is 18.1 Å². The van der Waals surface area contributed by atoms with Gasteiger partial charge in [-0.05, 0) is 47.0 Å². The van der Waals surface area contributed by atoms with Gasteiger partial charge in [0.2, 0.25) is 5.24 Å². The fourth-order valence-electron chi connectivity index (χ4n) is 1.99. The summed E-state index contributed by atoms with van der Waals surface area (Å²) in [6, 6.07) is 12.6. The molecule has 5 nitrogen and oxygen atoms in total. The first-order chi connectivity index (χ1) is 11.0. The molecule has 0 saturated heterocycles. The van der Waals surface area contributed by atoms with E-state index in [1.54, 1.807) is 31.4 Å². The van der Waals surface area contributed by atoms with E-state index in [0.29, 0.717) is 11.3 Å². The average Bonchev–Trinajstić information content (AvgIpc) is 2.55. The molecule has 2 rings (SSSR count). The quantitative estimate of drug-likeness (QED) is 0.499. The maximum absolute atomic E-state index is 12.2. The maximum atomic E-state index is 12.2. The lowest BCUT2D eigenvalue weighted by Crippen LogP contribution is -2.21. The van der Waals surface area contributed by atoms with Crippen molar-refractivity contribution in [2.45, 2.75) is 12.5 Å². The molecular formula is C17H15ClO5. The highest BCUT2D eigenvalue weighted by Gasteiger charge is 2.28. The van der Waals surface area contributed by atoms with Crippen LogP contribution in [0.2, 0.25) is 0 Å². The van der Waals surface area contributed by atoms with Crippen LogP contribution in [0, 0.1) is 0 Å².